The number of benzene rings is 1. The minimum absolute atomic E-state index is 0.0684. The summed E-state index contributed by atoms with van der Waals surface area (Å²) in [6.45, 7) is 8.17. The topological polar surface area (TPSA) is 55.9 Å². The van der Waals surface area contributed by atoms with Gasteiger partial charge in [0.05, 0.1) is 0 Å². The first-order valence-electron chi connectivity index (χ1n) is 8.93. The van der Waals surface area contributed by atoms with Crippen LogP contribution in [0.4, 0.5) is 10.5 Å². The zero-order valence-electron chi connectivity index (χ0n) is 15.8. The summed E-state index contributed by atoms with van der Waals surface area (Å²) in [6, 6.07) is 6.10. The molecule has 0 bridgehead atoms. The highest BCUT2D eigenvalue weighted by molar-refractivity contribution is 5.92. The Morgan fingerprint density at radius 2 is 1.68 bits per heavy atom. The monoisotopic (exact) mass is 346 g/mol. The van der Waals surface area contributed by atoms with E-state index in [1.54, 1.807) is 19.0 Å². The summed E-state index contributed by atoms with van der Waals surface area (Å²) in [5.74, 6) is 0.0684. The normalized spacial score (nSPS) is 15.1. The van der Waals surface area contributed by atoms with E-state index in [4.69, 9.17) is 0 Å². The van der Waals surface area contributed by atoms with Gasteiger partial charge in [-0.05, 0) is 37.9 Å². The van der Waals surface area contributed by atoms with Crippen LogP contribution in [0.15, 0.2) is 18.2 Å². The quantitative estimate of drug-likeness (QED) is 0.890. The van der Waals surface area contributed by atoms with Crippen molar-refractivity contribution in [2.45, 2.75) is 26.7 Å². The van der Waals surface area contributed by atoms with Crippen molar-refractivity contribution in [3.8, 4) is 0 Å². The summed E-state index contributed by atoms with van der Waals surface area (Å²) >= 11 is 0. The van der Waals surface area contributed by atoms with Gasteiger partial charge in [-0.1, -0.05) is 18.2 Å². The lowest BCUT2D eigenvalue weighted by Crippen LogP contribution is -2.51. The van der Waals surface area contributed by atoms with Crippen molar-refractivity contribution in [1.29, 1.82) is 0 Å². The highest BCUT2D eigenvalue weighted by Crippen LogP contribution is 2.19. The maximum atomic E-state index is 12.2. The Balaban J connectivity index is 1.70. The molecule has 0 atom stereocenters. The lowest BCUT2D eigenvalue weighted by molar-refractivity contribution is -0.116. The molecule has 1 aromatic carbocycles. The van der Waals surface area contributed by atoms with E-state index in [0.29, 0.717) is 6.42 Å². The van der Waals surface area contributed by atoms with Crippen molar-refractivity contribution in [2.24, 2.45) is 0 Å². The Morgan fingerprint density at radius 3 is 2.24 bits per heavy atom. The average Bonchev–Trinajstić information content (AvgIpc) is 2.58. The Kier molecular flexibility index (Phi) is 6.82. The van der Waals surface area contributed by atoms with E-state index in [-0.39, 0.29) is 11.9 Å². The summed E-state index contributed by atoms with van der Waals surface area (Å²) in [5, 5.41) is 3.03. The summed E-state index contributed by atoms with van der Waals surface area (Å²) in [7, 11) is 3.56. The zero-order chi connectivity index (χ0) is 18.4. The Bertz CT molecular complexity index is 587. The van der Waals surface area contributed by atoms with Gasteiger partial charge in [-0.3, -0.25) is 9.69 Å². The molecule has 1 heterocycles. The van der Waals surface area contributed by atoms with Gasteiger partial charge in [-0.15, -0.1) is 0 Å². The van der Waals surface area contributed by atoms with E-state index in [1.807, 2.05) is 36.9 Å². The fourth-order valence-corrected chi connectivity index (χ4v) is 3.12. The summed E-state index contributed by atoms with van der Waals surface area (Å²) in [5.41, 5.74) is 3.12. The molecule has 6 heteroatoms. The molecule has 1 fully saturated rings. The van der Waals surface area contributed by atoms with Gasteiger partial charge in [0, 0.05) is 52.4 Å². The first-order chi connectivity index (χ1) is 11.9. The van der Waals surface area contributed by atoms with Gasteiger partial charge in [0.15, 0.2) is 0 Å². The van der Waals surface area contributed by atoms with Crippen LogP contribution in [-0.4, -0.2) is 73.5 Å². The van der Waals surface area contributed by atoms with Crippen LogP contribution in [0.2, 0.25) is 0 Å². The molecule has 1 aromatic rings. The fourth-order valence-electron chi connectivity index (χ4n) is 3.12. The fraction of sp³-hybridized carbons (Fsp3) is 0.579. The van der Waals surface area contributed by atoms with Gasteiger partial charge in [-0.2, -0.15) is 0 Å². The van der Waals surface area contributed by atoms with Gasteiger partial charge in [0.25, 0.3) is 0 Å². The molecule has 1 N–H and O–H groups in total. The van der Waals surface area contributed by atoms with Crippen LogP contribution in [0.5, 0.6) is 0 Å². The predicted molar refractivity (Wildman–Crippen MR) is 101 cm³/mol. The van der Waals surface area contributed by atoms with Gasteiger partial charge < -0.3 is 15.1 Å². The Morgan fingerprint density at radius 1 is 1.08 bits per heavy atom. The number of carbonyl (C=O) groups excluding carboxylic acids is 2. The van der Waals surface area contributed by atoms with E-state index in [9.17, 15) is 9.59 Å². The molecule has 1 aliphatic rings. The lowest BCUT2D eigenvalue weighted by atomic mass is 10.1. The van der Waals surface area contributed by atoms with Gasteiger partial charge in [0.2, 0.25) is 5.91 Å². The van der Waals surface area contributed by atoms with Crippen molar-refractivity contribution < 1.29 is 9.59 Å². The first kappa shape index (κ1) is 19.2. The number of para-hydroxylation sites is 1. The van der Waals surface area contributed by atoms with Gasteiger partial charge in [-0.25, -0.2) is 4.79 Å². The SMILES string of the molecule is Cc1cccc(C)c1NC(=O)CCCN1CCN(C(=O)N(C)C)CC1. The van der Waals surface area contributed by atoms with E-state index in [1.165, 1.54) is 0 Å². The number of carbonyl (C=O) groups is 2. The molecule has 0 aromatic heterocycles. The number of hydrogen-bond donors (Lipinski definition) is 1. The Labute approximate surface area is 150 Å². The molecule has 138 valence electrons. The minimum Gasteiger partial charge on any atom is -0.331 e. The largest absolute Gasteiger partial charge is 0.331 e. The predicted octanol–water partition coefficient (Wildman–Crippen LogP) is 2.32. The molecule has 6 nitrogen and oxygen atoms in total. The Hall–Kier alpha value is -2.08. The maximum Gasteiger partial charge on any atom is 0.319 e. The van der Waals surface area contributed by atoms with Crippen molar-refractivity contribution in [3.05, 3.63) is 29.3 Å². The van der Waals surface area contributed by atoms with E-state index in [2.05, 4.69) is 10.2 Å². The van der Waals surface area contributed by atoms with Crippen molar-refractivity contribution in [1.82, 2.24) is 14.7 Å². The number of amides is 3. The van der Waals surface area contributed by atoms with Crippen molar-refractivity contribution in [2.75, 3.05) is 52.1 Å². The summed E-state index contributed by atoms with van der Waals surface area (Å²) in [4.78, 5) is 29.9. The molecule has 3 amide bonds. The molecule has 25 heavy (non-hydrogen) atoms. The standard InChI is InChI=1S/C19H30N4O2/c1-15-7-5-8-16(2)18(15)20-17(24)9-6-10-22-11-13-23(14-12-22)19(25)21(3)4/h5,7-8H,6,9-14H2,1-4H3,(H,20,24). The molecule has 1 saturated heterocycles. The molecule has 0 unspecified atom stereocenters. The average molecular weight is 346 g/mol. The molecule has 0 saturated carbocycles. The third-order valence-electron chi connectivity index (χ3n) is 4.65. The van der Waals surface area contributed by atoms with Crippen LogP contribution in [0, 0.1) is 13.8 Å². The van der Waals surface area contributed by atoms with Crippen molar-refractivity contribution in [3.63, 3.8) is 0 Å². The van der Waals surface area contributed by atoms with Gasteiger partial charge in [0.1, 0.15) is 0 Å². The van der Waals surface area contributed by atoms with Crippen LogP contribution in [0.25, 0.3) is 0 Å². The smallest absolute Gasteiger partial charge is 0.319 e. The summed E-state index contributed by atoms with van der Waals surface area (Å²) in [6.07, 6.45) is 1.35. The van der Waals surface area contributed by atoms with Crippen LogP contribution >= 0.6 is 0 Å². The highest BCUT2D eigenvalue weighted by atomic mass is 16.2. The summed E-state index contributed by atoms with van der Waals surface area (Å²) < 4.78 is 0. The van der Waals surface area contributed by atoms with Crippen LogP contribution in [0.3, 0.4) is 0 Å². The lowest BCUT2D eigenvalue weighted by Gasteiger charge is -2.35. The molecule has 0 spiro atoms. The van der Waals surface area contributed by atoms with Crippen LogP contribution < -0.4 is 5.32 Å². The second-order valence-corrected chi connectivity index (χ2v) is 6.92. The minimum atomic E-state index is 0.0684. The number of rotatable bonds is 5. The first-order valence-corrected chi connectivity index (χ1v) is 8.93. The maximum absolute atomic E-state index is 12.2. The third kappa shape index (κ3) is 5.46. The van der Waals surface area contributed by atoms with Crippen LogP contribution in [-0.2, 0) is 4.79 Å². The van der Waals surface area contributed by atoms with E-state index >= 15 is 0 Å². The number of anilines is 1. The van der Waals surface area contributed by atoms with Gasteiger partial charge >= 0.3 is 6.03 Å². The molecule has 1 aliphatic heterocycles. The number of hydrogen-bond acceptors (Lipinski definition) is 3. The number of nitrogens with one attached hydrogen (secondary N) is 1. The molecule has 0 radical (unpaired) electrons. The number of aryl methyl sites for hydroxylation is 2. The molecule has 2 rings (SSSR count). The zero-order valence-corrected chi connectivity index (χ0v) is 15.8. The molecule has 0 aliphatic carbocycles. The van der Waals surface area contributed by atoms with Crippen LogP contribution in [0.1, 0.15) is 24.0 Å². The number of piperazine rings is 1. The second-order valence-electron chi connectivity index (χ2n) is 6.92. The van der Waals surface area contributed by atoms with E-state index in [0.717, 1.165) is 56.0 Å². The van der Waals surface area contributed by atoms with Crippen molar-refractivity contribution >= 4 is 17.6 Å². The third-order valence-corrected chi connectivity index (χ3v) is 4.65. The van der Waals surface area contributed by atoms with E-state index < -0.39 is 0 Å². The highest BCUT2D eigenvalue weighted by Gasteiger charge is 2.21. The number of urea groups is 1. The second kappa shape index (κ2) is 8.85. The molecular weight excluding hydrogens is 316 g/mol. The molecular formula is C19H30N4O2. The number of nitrogens with zero attached hydrogens (tertiary/aromatic N) is 3.